The van der Waals surface area contributed by atoms with E-state index in [9.17, 15) is 17.6 Å². The third-order valence-electron chi connectivity index (χ3n) is 4.17. The summed E-state index contributed by atoms with van der Waals surface area (Å²) < 4.78 is 49.9. The molecule has 1 atom stereocenters. The predicted molar refractivity (Wildman–Crippen MR) is 102 cm³/mol. The smallest absolute Gasteiger partial charge is 0.247 e. The molecule has 0 aliphatic heterocycles. The highest BCUT2D eigenvalue weighted by molar-refractivity contribution is 7.89. The summed E-state index contributed by atoms with van der Waals surface area (Å²) in [6.07, 6.45) is 0. The van der Waals surface area contributed by atoms with Crippen molar-refractivity contribution in [3.8, 4) is 11.5 Å². The zero-order chi connectivity index (χ0) is 20.9. The van der Waals surface area contributed by atoms with Gasteiger partial charge in [-0.25, -0.2) is 12.8 Å². The largest absolute Gasteiger partial charge is 0.497 e. The molecule has 1 amide bonds. The van der Waals surface area contributed by atoms with Gasteiger partial charge in [-0.1, -0.05) is 12.1 Å². The molecular weight excluding hydrogens is 387 g/mol. The van der Waals surface area contributed by atoms with E-state index in [1.807, 2.05) is 0 Å². The molecule has 152 valence electrons. The Bertz CT molecular complexity index is 932. The molecule has 0 aromatic heterocycles. The van der Waals surface area contributed by atoms with Crippen molar-refractivity contribution in [1.29, 1.82) is 0 Å². The van der Waals surface area contributed by atoms with Crippen molar-refractivity contribution in [1.82, 2.24) is 9.62 Å². The molecule has 0 radical (unpaired) electrons. The van der Waals surface area contributed by atoms with Crippen LogP contribution in [-0.4, -0.2) is 46.4 Å². The van der Waals surface area contributed by atoms with E-state index in [2.05, 4.69) is 5.32 Å². The predicted octanol–water partition coefficient (Wildman–Crippen LogP) is 2.34. The van der Waals surface area contributed by atoms with E-state index in [1.54, 1.807) is 25.1 Å². The van der Waals surface area contributed by atoms with Gasteiger partial charge in [0.05, 0.1) is 26.8 Å². The Morgan fingerprint density at radius 3 is 2.36 bits per heavy atom. The zero-order valence-corrected chi connectivity index (χ0v) is 16.9. The summed E-state index contributed by atoms with van der Waals surface area (Å²) in [5.74, 6) is -0.375. The van der Waals surface area contributed by atoms with Crippen LogP contribution in [0.2, 0.25) is 0 Å². The van der Waals surface area contributed by atoms with Gasteiger partial charge in [0, 0.05) is 13.1 Å². The number of sulfonamides is 1. The average Bonchev–Trinajstić information content (AvgIpc) is 2.67. The van der Waals surface area contributed by atoms with E-state index in [0.717, 1.165) is 4.31 Å². The maximum absolute atomic E-state index is 13.0. The van der Waals surface area contributed by atoms with E-state index in [1.165, 1.54) is 45.5 Å². The highest BCUT2D eigenvalue weighted by Crippen LogP contribution is 2.30. The van der Waals surface area contributed by atoms with Gasteiger partial charge < -0.3 is 14.8 Å². The molecule has 1 unspecified atom stereocenters. The van der Waals surface area contributed by atoms with Crippen LogP contribution in [0.15, 0.2) is 47.4 Å². The number of amides is 1. The molecule has 0 saturated carbocycles. The maximum Gasteiger partial charge on any atom is 0.247 e. The fraction of sp³-hybridized carbons (Fsp3) is 0.316. The highest BCUT2D eigenvalue weighted by atomic mass is 32.2. The summed E-state index contributed by atoms with van der Waals surface area (Å²) in [7, 11) is 0.0863. The van der Waals surface area contributed by atoms with Crippen molar-refractivity contribution in [2.45, 2.75) is 17.9 Å². The number of likely N-dealkylation sites (N-methyl/N-ethyl adjacent to an activating group) is 1. The van der Waals surface area contributed by atoms with E-state index < -0.39 is 28.5 Å². The number of rotatable bonds is 8. The molecule has 2 aromatic rings. The second-order valence-corrected chi connectivity index (χ2v) is 8.13. The Hall–Kier alpha value is -2.65. The van der Waals surface area contributed by atoms with Gasteiger partial charge in [-0.3, -0.25) is 4.79 Å². The Morgan fingerprint density at radius 2 is 1.79 bits per heavy atom. The third kappa shape index (κ3) is 4.99. The lowest BCUT2D eigenvalue weighted by molar-refractivity contribution is -0.121. The quantitative estimate of drug-likeness (QED) is 0.722. The average molecular weight is 410 g/mol. The normalized spacial score (nSPS) is 12.5. The van der Waals surface area contributed by atoms with Crippen LogP contribution in [0, 0.1) is 5.82 Å². The molecule has 28 heavy (non-hydrogen) atoms. The number of hydrogen-bond donors (Lipinski definition) is 1. The molecule has 0 aliphatic rings. The molecule has 1 N–H and O–H groups in total. The summed E-state index contributed by atoms with van der Waals surface area (Å²) in [4.78, 5) is 12.2. The van der Waals surface area contributed by atoms with Crippen LogP contribution in [0.25, 0.3) is 0 Å². The number of methoxy groups -OCH3 is 2. The fourth-order valence-electron chi connectivity index (χ4n) is 2.56. The van der Waals surface area contributed by atoms with Crippen LogP contribution in [0.3, 0.4) is 0 Å². The summed E-state index contributed by atoms with van der Waals surface area (Å²) in [6, 6.07) is 9.70. The van der Waals surface area contributed by atoms with Gasteiger partial charge >= 0.3 is 0 Å². The SMILES string of the molecule is COc1ccc(OC)c(S(=O)(=O)N(C)CC(=O)NC(C)c2ccc(F)cc2)c1. The van der Waals surface area contributed by atoms with Crippen LogP contribution in [0.4, 0.5) is 4.39 Å². The first-order chi connectivity index (χ1) is 13.2. The number of ether oxygens (including phenoxy) is 2. The maximum atomic E-state index is 13.0. The molecule has 0 aliphatic carbocycles. The van der Waals surface area contributed by atoms with E-state index in [0.29, 0.717) is 11.3 Å². The van der Waals surface area contributed by atoms with E-state index in [4.69, 9.17) is 9.47 Å². The Morgan fingerprint density at radius 1 is 1.14 bits per heavy atom. The van der Waals surface area contributed by atoms with Crippen molar-refractivity contribution >= 4 is 15.9 Å². The minimum Gasteiger partial charge on any atom is -0.497 e. The molecule has 0 fully saturated rings. The number of nitrogens with zero attached hydrogens (tertiary/aromatic N) is 1. The van der Waals surface area contributed by atoms with Crippen molar-refractivity contribution in [3.05, 3.63) is 53.8 Å². The van der Waals surface area contributed by atoms with Crippen molar-refractivity contribution in [2.24, 2.45) is 0 Å². The Kier molecular flexibility index (Phi) is 6.98. The Labute approximate surface area is 164 Å². The molecule has 2 rings (SSSR count). The zero-order valence-electron chi connectivity index (χ0n) is 16.1. The van der Waals surface area contributed by atoms with Gasteiger partial charge in [0.15, 0.2) is 0 Å². The number of carbonyl (C=O) groups is 1. The molecule has 0 saturated heterocycles. The first kappa shape index (κ1) is 21.6. The van der Waals surface area contributed by atoms with Crippen LogP contribution in [-0.2, 0) is 14.8 Å². The van der Waals surface area contributed by atoms with Crippen LogP contribution in [0.1, 0.15) is 18.5 Å². The minimum atomic E-state index is -4.00. The topological polar surface area (TPSA) is 84.9 Å². The molecule has 7 nitrogen and oxygen atoms in total. The number of halogens is 1. The van der Waals surface area contributed by atoms with Gasteiger partial charge in [-0.05, 0) is 36.8 Å². The Balaban J connectivity index is 2.13. The van der Waals surface area contributed by atoms with E-state index in [-0.39, 0.29) is 16.5 Å². The minimum absolute atomic E-state index is 0.101. The third-order valence-corrected chi connectivity index (χ3v) is 6.00. The summed E-state index contributed by atoms with van der Waals surface area (Å²) in [5.41, 5.74) is 0.703. The molecule has 2 aromatic carbocycles. The molecule has 0 spiro atoms. The monoisotopic (exact) mass is 410 g/mol. The fourth-order valence-corrected chi connectivity index (χ4v) is 3.86. The van der Waals surface area contributed by atoms with E-state index >= 15 is 0 Å². The van der Waals surface area contributed by atoms with Crippen LogP contribution >= 0.6 is 0 Å². The van der Waals surface area contributed by atoms with Crippen molar-refractivity contribution < 1.29 is 27.1 Å². The number of carbonyl (C=O) groups excluding carboxylic acids is 1. The molecule has 0 bridgehead atoms. The lowest BCUT2D eigenvalue weighted by Crippen LogP contribution is -2.39. The first-order valence-corrected chi connectivity index (χ1v) is 9.86. The van der Waals surface area contributed by atoms with Gasteiger partial charge in [-0.2, -0.15) is 4.31 Å². The number of hydrogen-bond acceptors (Lipinski definition) is 5. The van der Waals surface area contributed by atoms with Gasteiger partial charge in [0.25, 0.3) is 0 Å². The standard InChI is InChI=1S/C19H23FN2O5S/c1-13(14-5-7-15(20)8-6-14)21-19(23)12-22(2)28(24,25)18-11-16(26-3)9-10-17(18)27-4/h5-11,13H,12H2,1-4H3,(H,21,23). The first-order valence-electron chi connectivity index (χ1n) is 8.42. The number of nitrogens with one attached hydrogen (secondary N) is 1. The second-order valence-electron chi connectivity index (χ2n) is 6.12. The van der Waals surface area contributed by atoms with Gasteiger partial charge in [0.1, 0.15) is 22.2 Å². The molecule has 9 heteroatoms. The van der Waals surface area contributed by atoms with Gasteiger partial charge in [-0.15, -0.1) is 0 Å². The molecular formula is C19H23FN2O5S. The summed E-state index contributed by atoms with van der Waals surface area (Å²) in [5, 5.41) is 2.70. The lowest BCUT2D eigenvalue weighted by Gasteiger charge is -2.20. The summed E-state index contributed by atoms with van der Waals surface area (Å²) >= 11 is 0. The summed E-state index contributed by atoms with van der Waals surface area (Å²) in [6.45, 7) is 1.33. The van der Waals surface area contributed by atoms with Gasteiger partial charge in [0.2, 0.25) is 15.9 Å². The highest BCUT2D eigenvalue weighted by Gasteiger charge is 2.27. The van der Waals surface area contributed by atoms with Crippen molar-refractivity contribution in [3.63, 3.8) is 0 Å². The molecule has 0 heterocycles. The lowest BCUT2D eigenvalue weighted by atomic mass is 10.1. The van der Waals surface area contributed by atoms with Crippen molar-refractivity contribution in [2.75, 3.05) is 27.8 Å². The second kappa shape index (κ2) is 9.03. The van der Waals surface area contributed by atoms with Crippen LogP contribution in [0.5, 0.6) is 11.5 Å². The number of benzene rings is 2. The van der Waals surface area contributed by atoms with Crippen LogP contribution < -0.4 is 14.8 Å².